The van der Waals surface area contributed by atoms with Crippen molar-refractivity contribution in [2.24, 2.45) is 0 Å². The summed E-state index contributed by atoms with van der Waals surface area (Å²) in [6.45, 7) is 0.142. The van der Waals surface area contributed by atoms with Crippen molar-refractivity contribution in [3.05, 3.63) is 90.9 Å². The van der Waals surface area contributed by atoms with Crippen molar-refractivity contribution >= 4 is 11.1 Å². The second-order valence-corrected chi connectivity index (χ2v) is 9.30. The van der Waals surface area contributed by atoms with Gasteiger partial charge < -0.3 is 0 Å². The lowest BCUT2D eigenvalue weighted by molar-refractivity contribution is -0.150. The van der Waals surface area contributed by atoms with Gasteiger partial charge >= 0.3 is 18.5 Å². The molecule has 0 saturated carbocycles. The van der Waals surface area contributed by atoms with E-state index in [9.17, 15) is 79.9 Å². The molecule has 1 aromatic carbocycles. The molecule has 48 heavy (non-hydrogen) atoms. The smallest absolute Gasteiger partial charge is 0.241 e. The predicted octanol–water partition coefficient (Wildman–Crippen LogP) is 5.58. The minimum atomic E-state index is -5.68. The van der Waals surface area contributed by atoms with Crippen molar-refractivity contribution in [1.29, 1.82) is 31.6 Å². The fourth-order valence-corrected chi connectivity index (χ4v) is 4.22. The Kier molecular flexibility index (Phi) is 9.22. The van der Waals surface area contributed by atoms with E-state index in [1.165, 1.54) is 24.3 Å². The van der Waals surface area contributed by atoms with Crippen molar-refractivity contribution in [1.82, 2.24) is 9.97 Å². The number of hydrogen-bond donors (Lipinski definition) is 0. The third-order valence-electron chi connectivity index (χ3n) is 6.24. The van der Waals surface area contributed by atoms with Gasteiger partial charge in [-0.3, -0.25) is 0 Å². The van der Waals surface area contributed by atoms with Gasteiger partial charge in [-0.25, -0.2) is 9.97 Å². The summed E-state index contributed by atoms with van der Waals surface area (Å²) < 4.78 is 151. The van der Waals surface area contributed by atoms with Crippen molar-refractivity contribution in [2.45, 2.75) is 31.4 Å². The molecule has 0 saturated heterocycles. The van der Waals surface area contributed by atoms with Crippen LogP contribution in [0.3, 0.4) is 0 Å². The van der Waals surface area contributed by atoms with Gasteiger partial charge in [0.05, 0.1) is 45.5 Å². The number of aromatic nitrogens is 2. The molecule has 0 atom stereocenters. The van der Waals surface area contributed by atoms with E-state index in [0.29, 0.717) is 12.1 Å². The Balaban J connectivity index is 2.72. The van der Waals surface area contributed by atoms with E-state index in [0.717, 1.165) is 12.1 Å². The molecule has 0 fully saturated rings. The zero-order chi connectivity index (χ0) is 36.6. The van der Waals surface area contributed by atoms with Crippen LogP contribution in [0.1, 0.15) is 63.1 Å². The van der Waals surface area contributed by atoms with Crippen LogP contribution >= 0.6 is 0 Å². The second kappa shape index (κ2) is 12.3. The number of halogens is 11. The highest BCUT2D eigenvalue weighted by Gasteiger charge is 2.43. The summed E-state index contributed by atoms with van der Waals surface area (Å²) in [6, 6.07) is 8.67. The molecule has 240 valence electrons. The Bertz CT molecular complexity index is 2090. The summed E-state index contributed by atoms with van der Waals surface area (Å²) in [5, 5.41) is 56.7. The van der Waals surface area contributed by atoms with Gasteiger partial charge in [0.1, 0.15) is 35.7 Å². The Labute approximate surface area is 260 Å². The minimum absolute atomic E-state index is 0.0957. The molecular weight excluding hydrogens is 669 g/mol. The van der Waals surface area contributed by atoms with Crippen LogP contribution in [-0.2, 0) is 24.5 Å². The number of alkyl halides is 11. The van der Waals surface area contributed by atoms with Crippen LogP contribution in [0.5, 0.6) is 0 Å². The molecule has 2 aromatic heterocycles. The van der Waals surface area contributed by atoms with Crippen LogP contribution < -0.4 is 10.4 Å². The van der Waals surface area contributed by atoms with E-state index in [1.807, 2.05) is 0 Å². The molecular formula is C29H7F11N8. The number of rotatable bonds is 3. The zero-order valence-corrected chi connectivity index (χ0v) is 23.0. The molecule has 3 aromatic rings. The average Bonchev–Trinajstić information content (AvgIpc) is 2.99. The van der Waals surface area contributed by atoms with Gasteiger partial charge in [-0.2, -0.15) is 79.9 Å². The highest BCUT2D eigenvalue weighted by molar-refractivity contribution is 5.84. The van der Waals surface area contributed by atoms with E-state index in [1.54, 1.807) is 0 Å². The van der Waals surface area contributed by atoms with Gasteiger partial charge in [0.2, 0.25) is 0 Å². The SMILES string of the molecule is CC(F)(F)c1cc(/C(C#N)=c2\cc(C#N)/c(=C(\C#N)c3cc(C(F)(F)F)nc(C(F)(F)F)c3C#N)cc2C#N)c(C#N)c(C(F)(F)F)n1. The molecule has 0 aliphatic rings. The Morgan fingerprint density at radius 3 is 1.15 bits per heavy atom. The normalized spacial score (nSPS) is 13.1. The molecule has 8 nitrogen and oxygen atoms in total. The molecule has 0 radical (unpaired) electrons. The van der Waals surface area contributed by atoms with E-state index in [-0.39, 0.29) is 19.1 Å². The molecule has 0 N–H and O–H groups in total. The quantitative estimate of drug-likeness (QED) is 0.324. The van der Waals surface area contributed by atoms with Gasteiger partial charge in [0.25, 0.3) is 5.92 Å². The van der Waals surface area contributed by atoms with Crippen LogP contribution in [0.25, 0.3) is 11.1 Å². The number of hydrogen-bond acceptors (Lipinski definition) is 8. The van der Waals surface area contributed by atoms with E-state index < -0.39 is 102 Å². The van der Waals surface area contributed by atoms with Crippen LogP contribution in [0, 0.1) is 68.0 Å². The van der Waals surface area contributed by atoms with Crippen LogP contribution in [0.2, 0.25) is 0 Å². The number of nitriles is 6. The zero-order valence-electron chi connectivity index (χ0n) is 23.0. The summed E-state index contributed by atoms with van der Waals surface area (Å²) in [4.78, 5) is 5.28. The second-order valence-electron chi connectivity index (χ2n) is 9.30. The fraction of sp³-hybridized carbons (Fsp3) is 0.172. The lowest BCUT2D eigenvalue weighted by Gasteiger charge is -2.17. The molecule has 0 amide bonds. The Morgan fingerprint density at radius 1 is 0.521 bits per heavy atom. The number of nitrogens with zero attached hydrogens (tertiary/aromatic N) is 8. The minimum Gasteiger partial charge on any atom is -0.241 e. The molecule has 0 aliphatic carbocycles. The third-order valence-corrected chi connectivity index (χ3v) is 6.24. The topological polar surface area (TPSA) is 169 Å². The van der Waals surface area contributed by atoms with Gasteiger partial charge in [0.15, 0.2) is 11.4 Å². The molecule has 0 unspecified atom stereocenters. The van der Waals surface area contributed by atoms with Crippen molar-refractivity contribution in [3.8, 4) is 36.4 Å². The first-order valence-electron chi connectivity index (χ1n) is 12.1. The number of benzene rings is 1. The Morgan fingerprint density at radius 2 is 0.875 bits per heavy atom. The van der Waals surface area contributed by atoms with Crippen LogP contribution in [0.4, 0.5) is 48.3 Å². The maximum Gasteiger partial charge on any atom is 0.434 e. The van der Waals surface area contributed by atoms with E-state index >= 15 is 0 Å². The molecule has 19 heteroatoms. The van der Waals surface area contributed by atoms with Crippen molar-refractivity contribution < 1.29 is 48.3 Å². The summed E-state index contributed by atoms with van der Waals surface area (Å²) in [7, 11) is 0. The summed E-state index contributed by atoms with van der Waals surface area (Å²) in [5.74, 6) is -4.09. The molecule has 2 heterocycles. The van der Waals surface area contributed by atoms with E-state index in [2.05, 4.69) is 9.97 Å². The van der Waals surface area contributed by atoms with E-state index in [4.69, 9.17) is 0 Å². The fourth-order valence-electron chi connectivity index (χ4n) is 4.22. The molecule has 3 rings (SSSR count). The first-order chi connectivity index (χ1) is 22.1. The maximum absolute atomic E-state index is 14.2. The predicted molar refractivity (Wildman–Crippen MR) is 134 cm³/mol. The highest BCUT2D eigenvalue weighted by atomic mass is 19.4. The molecule has 0 spiro atoms. The monoisotopic (exact) mass is 676 g/mol. The third kappa shape index (κ3) is 6.67. The van der Waals surface area contributed by atoms with Crippen molar-refractivity contribution in [2.75, 3.05) is 0 Å². The summed E-state index contributed by atoms with van der Waals surface area (Å²) >= 11 is 0. The summed E-state index contributed by atoms with van der Waals surface area (Å²) in [5.41, 5.74) is -17.9. The molecule has 0 aliphatic heterocycles. The first kappa shape index (κ1) is 35.9. The van der Waals surface area contributed by atoms with Crippen LogP contribution in [-0.4, -0.2) is 9.97 Å². The van der Waals surface area contributed by atoms with Crippen molar-refractivity contribution in [3.63, 3.8) is 0 Å². The van der Waals surface area contributed by atoms with Gasteiger partial charge in [-0.05, 0) is 24.3 Å². The average molecular weight is 676 g/mol. The molecule has 0 bridgehead atoms. The first-order valence-corrected chi connectivity index (χ1v) is 12.1. The van der Waals surface area contributed by atoms with Crippen LogP contribution in [0.15, 0.2) is 24.3 Å². The highest BCUT2D eigenvalue weighted by Crippen LogP contribution is 2.39. The standard InChI is InChI=1S/C29H7F11N8/c1-26(30,31)22-4-16(20(10-45)24(47-22)28(35,36)37)18(8-43)14-2-13(7-42)15(3-12(14)6-41)19(9-44)17-5-23(27(32,33)34)48-25(21(17)11-46)29(38,39)40/h2-5H,1H3/b18-14+,19-15+. The van der Waals surface area contributed by atoms with Gasteiger partial charge in [-0.15, -0.1) is 0 Å². The van der Waals surface area contributed by atoms with Gasteiger partial charge in [-0.1, -0.05) is 0 Å². The largest absolute Gasteiger partial charge is 0.434 e. The lowest BCUT2D eigenvalue weighted by Crippen LogP contribution is -2.24. The number of pyridine rings is 2. The maximum atomic E-state index is 14.2. The summed E-state index contributed by atoms with van der Waals surface area (Å²) in [6.07, 6.45) is -16.8. The lowest BCUT2D eigenvalue weighted by atomic mass is 9.91. The van der Waals surface area contributed by atoms with Gasteiger partial charge in [0, 0.05) is 28.5 Å². The Hall–Kier alpha value is -6.57.